The molecule has 1 aromatic rings. The summed E-state index contributed by atoms with van der Waals surface area (Å²) in [4.78, 5) is 0. The maximum absolute atomic E-state index is 5.18. The van der Waals surface area contributed by atoms with E-state index in [4.69, 9.17) is 4.74 Å². The monoisotopic (exact) mass is 277 g/mol. The Balaban J connectivity index is 0.000000980. The van der Waals surface area contributed by atoms with E-state index in [1.165, 1.54) is 12.0 Å². The minimum absolute atomic E-state index is 0. The fraction of sp³-hybridized carbons (Fsp3) is 0.400. The van der Waals surface area contributed by atoms with E-state index in [1.807, 2.05) is 12.1 Å². The van der Waals surface area contributed by atoms with Gasteiger partial charge in [0.15, 0.2) is 0 Å². The van der Waals surface area contributed by atoms with Crippen LogP contribution in [0, 0.1) is 0 Å². The predicted molar refractivity (Wildman–Crippen MR) is 63.3 cm³/mol. The van der Waals surface area contributed by atoms with Gasteiger partial charge >= 0.3 is 0 Å². The van der Waals surface area contributed by atoms with Crippen LogP contribution in [0.5, 0.6) is 5.75 Å². The second-order valence-corrected chi connectivity index (χ2v) is 4.04. The number of hydrogen-bond donors (Lipinski definition) is 1. The zero-order chi connectivity index (χ0) is 9.26. The largest absolute Gasteiger partial charge is 0.497 e. The van der Waals surface area contributed by atoms with Crippen molar-refractivity contribution in [3.63, 3.8) is 0 Å². The highest BCUT2D eigenvalue weighted by molar-refractivity contribution is 9.10. The molecular weight excluding hydrogens is 265 g/mol. The topological polar surface area (TPSA) is 21.3 Å². The van der Waals surface area contributed by atoms with Gasteiger partial charge in [-0.1, -0.05) is 15.9 Å². The summed E-state index contributed by atoms with van der Waals surface area (Å²) in [6, 6.07) is 6.59. The van der Waals surface area contributed by atoms with E-state index in [9.17, 15) is 0 Å². The summed E-state index contributed by atoms with van der Waals surface area (Å²) in [6.07, 6.45) is 1.21. The molecule has 0 aromatic heterocycles. The van der Waals surface area contributed by atoms with Gasteiger partial charge in [0.1, 0.15) is 5.75 Å². The lowest BCUT2D eigenvalue weighted by atomic mass is 9.98. The van der Waals surface area contributed by atoms with Crippen molar-refractivity contribution < 1.29 is 4.74 Å². The second kappa shape index (κ2) is 5.01. The molecule has 2 nitrogen and oxygen atoms in total. The van der Waals surface area contributed by atoms with Gasteiger partial charge in [-0.3, -0.25) is 0 Å². The third-order valence-corrected chi connectivity index (χ3v) is 3.12. The predicted octanol–water partition coefficient (Wildman–Crippen LogP) is 2.91. The van der Waals surface area contributed by atoms with Gasteiger partial charge in [0, 0.05) is 10.5 Å². The Labute approximate surface area is 98.6 Å². The first-order valence-corrected chi connectivity index (χ1v) is 5.17. The molecule has 1 heterocycles. The van der Waals surface area contributed by atoms with Crippen molar-refractivity contribution in [1.29, 1.82) is 0 Å². The SMILES string of the molecule is COc1ccc(Br)c([C@H]2CCN2)c1.Cl. The van der Waals surface area contributed by atoms with Gasteiger partial charge in [-0.15, -0.1) is 12.4 Å². The van der Waals surface area contributed by atoms with Crippen molar-refractivity contribution in [2.45, 2.75) is 12.5 Å². The van der Waals surface area contributed by atoms with Gasteiger partial charge in [0.25, 0.3) is 0 Å². The van der Waals surface area contributed by atoms with Crippen molar-refractivity contribution >= 4 is 28.3 Å². The molecular formula is C10H13BrClNO. The van der Waals surface area contributed by atoms with Crippen LogP contribution in [0.2, 0.25) is 0 Å². The van der Waals surface area contributed by atoms with Gasteiger partial charge < -0.3 is 10.1 Å². The van der Waals surface area contributed by atoms with Crippen molar-refractivity contribution in [1.82, 2.24) is 5.32 Å². The Bertz CT molecular complexity index is 315. The average Bonchev–Trinajstić information content (AvgIpc) is 2.06. The maximum Gasteiger partial charge on any atom is 0.119 e. The first-order valence-electron chi connectivity index (χ1n) is 4.38. The molecule has 1 aliphatic heterocycles. The van der Waals surface area contributed by atoms with Crippen molar-refractivity contribution in [2.75, 3.05) is 13.7 Å². The first kappa shape index (κ1) is 11.8. The average molecular weight is 279 g/mol. The van der Waals surface area contributed by atoms with Crippen molar-refractivity contribution in [3.05, 3.63) is 28.2 Å². The van der Waals surface area contributed by atoms with Crippen LogP contribution < -0.4 is 10.1 Å². The third-order valence-electron chi connectivity index (χ3n) is 2.40. The van der Waals surface area contributed by atoms with Gasteiger partial charge in [-0.05, 0) is 36.7 Å². The van der Waals surface area contributed by atoms with E-state index in [0.29, 0.717) is 6.04 Å². The van der Waals surface area contributed by atoms with E-state index in [0.717, 1.165) is 16.8 Å². The molecule has 0 unspecified atom stereocenters. The van der Waals surface area contributed by atoms with Crippen LogP contribution in [-0.4, -0.2) is 13.7 Å². The summed E-state index contributed by atoms with van der Waals surface area (Å²) in [5, 5.41) is 3.37. The Hall–Kier alpha value is -0.250. The maximum atomic E-state index is 5.18. The smallest absolute Gasteiger partial charge is 0.119 e. The van der Waals surface area contributed by atoms with Crippen LogP contribution in [0.1, 0.15) is 18.0 Å². The van der Waals surface area contributed by atoms with Gasteiger partial charge in [0.05, 0.1) is 7.11 Å². The Morgan fingerprint density at radius 3 is 2.71 bits per heavy atom. The summed E-state index contributed by atoms with van der Waals surface area (Å²) >= 11 is 3.54. The van der Waals surface area contributed by atoms with Gasteiger partial charge in [0.2, 0.25) is 0 Å². The molecule has 2 rings (SSSR count). The first-order chi connectivity index (χ1) is 6.31. The lowest BCUT2D eigenvalue weighted by Gasteiger charge is -2.29. The van der Waals surface area contributed by atoms with E-state index in [2.05, 4.69) is 27.3 Å². The number of nitrogens with one attached hydrogen (secondary N) is 1. The number of rotatable bonds is 2. The molecule has 1 N–H and O–H groups in total. The lowest BCUT2D eigenvalue weighted by molar-refractivity contribution is 0.376. The lowest BCUT2D eigenvalue weighted by Crippen LogP contribution is -2.35. The molecule has 1 aliphatic rings. The van der Waals surface area contributed by atoms with Gasteiger partial charge in [-0.25, -0.2) is 0 Å². The molecule has 1 fully saturated rings. The summed E-state index contributed by atoms with van der Waals surface area (Å²) in [7, 11) is 1.70. The molecule has 1 saturated heterocycles. The van der Waals surface area contributed by atoms with Crippen LogP contribution in [0.3, 0.4) is 0 Å². The number of benzene rings is 1. The normalized spacial score (nSPS) is 19.4. The number of hydrogen-bond acceptors (Lipinski definition) is 2. The second-order valence-electron chi connectivity index (χ2n) is 3.18. The number of ether oxygens (including phenoxy) is 1. The van der Waals surface area contributed by atoms with E-state index in [1.54, 1.807) is 7.11 Å². The minimum Gasteiger partial charge on any atom is -0.497 e. The molecule has 14 heavy (non-hydrogen) atoms. The fourth-order valence-electron chi connectivity index (χ4n) is 1.47. The van der Waals surface area contributed by atoms with Crippen molar-refractivity contribution in [2.24, 2.45) is 0 Å². The zero-order valence-electron chi connectivity index (χ0n) is 7.92. The van der Waals surface area contributed by atoms with Gasteiger partial charge in [-0.2, -0.15) is 0 Å². The molecule has 1 atom stereocenters. The summed E-state index contributed by atoms with van der Waals surface area (Å²) in [5.74, 6) is 0.923. The summed E-state index contributed by atoms with van der Waals surface area (Å²) in [5.41, 5.74) is 1.30. The molecule has 0 saturated carbocycles. The number of methoxy groups -OCH3 is 1. The molecule has 0 spiro atoms. The van der Waals surface area contributed by atoms with E-state index < -0.39 is 0 Å². The fourth-order valence-corrected chi connectivity index (χ4v) is 1.99. The number of halogens is 2. The molecule has 78 valence electrons. The Morgan fingerprint density at radius 2 is 2.21 bits per heavy atom. The molecule has 0 amide bonds. The molecule has 4 heteroatoms. The zero-order valence-corrected chi connectivity index (χ0v) is 10.3. The molecule has 1 aromatic carbocycles. The van der Waals surface area contributed by atoms with Crippen molar-refractivity contribution in [3.8, 4) is 5.75 Å². The van der Waals surface area contributed by atoms with Crippen LogP contribution in [-0.2, 0) is 0 Å². The Kier molecular flexibility index (Phi) is 4.23. The molecule has 0 bridgehead atoms. The highest BCUT2D eigenvalue weighted by Crippen LogP contribution is 2.32. The summed E-state index contributed by atoms with van der Waals surface area (Å²) in [6.45, 7) is 1.12. The van der Waals surface area contributed by atoms with Crippen LogP contribution in [0.25, 0.3) is 0 Å². The Morgan fingerprint density at radius 1 is 1.50 bits per heavy atom. The molecule has 0 radical (unpaired) electrons. The van der Waals surface area contributed by atoms with Crippen LogP contribution in [0.15, 0.2) is 22.7 Å². The standard InChI is InChI=1S/C10H12BrNO.ClH/c1-13-7-2-3-9(11)8(6-7)10-4-5-12-10;/h2-3,6,10,12H,4-5H2,1H3;1H/t10-;/m1./s1. The van der Waals surface area contributed by atoms with E-state index >= 15 is 0 Å². The third kappa shape index (κ3) is 2.22. The minimum atomic E-state index is 0. The van der Waals surface area contributed by atoms with Crippen LogP contribution >= 0.6 is 28.3 Å². The summed E-state index contributed by atoms with van der Waals surface area (Å²) < 4.78 is 6.34. The van der Waals surface area contributed by atoms with E-state index in [-0.39, 0.29) is 12.4 Å². The highest BCUT2D eigenvalue weighted by atomic mass is 79.9. The van der Waals surface area contributed by atoms with Crippen LogP contribution in [0.4, 0.5) is 0 Å². The quantitative estimate of drug-likeness (QED) is 0.898. The molecule has 0 aliphatic carbocycles. The highest BCUT2D eigenvalue weighted by Gasteiger charge is 2.20.